The van der Waals surface area contributed by atoms with Crippen LogP contribution in [0.4, 0.5) is 0 Å². The van der Waals surface area contributed by atoms with Gasteiger partial charge in [-0.05, 0) is 173 Å². The van der Waals surface area contributed by atoms with E-state index in [1.54, 1.807) is 0 Å². The molecule has 6 aliphatic carbocycles. The van der Waals surface area contributed by atoms with E-state index in [0.29, 0.717) is 35.5 Å². The van der Waals surface area contributed by atoms with Gasteiger partial charge in [0.25, 0.3) is 5.97 Å². The summed E-state index contributed by atoms with van der Waals surface area (Å²) in [6.45, 7) is 29.0. The van der Waals surface area contributed by atoms with Crippen LogP contribution in [0.2, 0.25) is 0 Å². The number of allylic oxidation sites excluding steroid dienone is 2. The highest BCUT2D eigenvalue weighted by Crippen LogP contribution is 2.63. The molecule has 8 rings (SSSR count). The number of aliphatic hydroxyl groups is 4. The van der Waals surface area contributed by atoms with Crippen molar-refractivity contribution in [2.45, 2.75) is 162 Å². The minimum absolute atomic E-state index is 0.135. The number of rotatable bonds is 8. The van der Waals surface area contributed by atoms with Gasteiger partial charge in [-0.3, -0.25) is 14.6 Å². The van der Waals surface area contributed by atoms with Crippen molar-refractivity contribution in [1.82, 2.24) is 9.80 Å². The van der Waals surface area contributed by atoms with Gasteiger partial charge in [0.1, 0.15) is 0 Å². The van der Waals surface area contributed by atoms with E-state index in [-0.39, 0.29) is 46.1 Å². The van der Waals surface area contributed by atoms with Crippen LogP contribution >= 0.6 is 0 Å². The molecule has 10 heteroatoms. The molecule has 8 fully saturated rings. The minimum Gasteiger partial charge on any atom is -0.481 e. The summed E-state index contributed by atoms with van der Waals surface area (Å²) in [6, 6.07) is 0. The first kappa shape index (κ1) is 48.1. The first-order valence-electron chi connectivity index (χ1n) is 24.3. The van der Waals surface area contributed by atoms with Crippen LogP contribution in [0.15, 0.2) is 24.3 Å². The van der Waals surface area contributed by atoms with Gasteiger partial charge in [-0.2, -0.15) is 0 Å². The molecule has 0 aromatic rings. The molecule has 0 radical (unpaired) electrons. The lowest BCUT2D eigenvalue weighted by atomic mass is 9.51. The third kappa shape index (κ3) is 10.3. The number of hydrogen-bond acceptors (Lipinski definition) is 9. The van der Waals surface area contributed by atoms with Gasteiger partial charge in [0.2, 0.25) is 0 Å². The number of carboxylic acids is 1. The monoisotopic (exact) mass is 843 g/mol. The van der Waals surface area contributed by atoms with Crippen LogP contribution in [0.5, 0.6) is 0 Å². The Morgan fingerprint density at radius 3 is 1.30 bits per heavy atom. The molecule has 6 saturated carbocycles. The molecular formula is C50H86N2O8. The normalized spacial score (nSPS) is 45.1. The molecule has 0 bridgehead atoms. The average Bonchev–Trinajstić information content (AvgIpc) is 3.70. The Morgan fingerprint density at radius 2 is 0.950 bits per heavy atom. The van der Waals surface area contributed by atoms with Crippen LogP contribution in [0.3, 0.4) is 0 Å². The molecule has 0 amide bonds. The van der Waals surface area contributed by atoms with E-state index in [4.69, 9.17) is 19.4 Å². The molecule has 0 spiro atoms. The fourth-order valence-corrected chi connectivity index (χ4v) is 14.5. The Hall–Kier alpha value is -1.37. The maximum atomic E-state index is 11.5. The van der Waals surface area contributed by atoms with Crippen molar-refractivity contribution in [3.8, 4) is 0 Å². The van der Waals surface area contributed by atoms with E-state index in [1.165, 1.54) is 24.0 Å². The summed E-state index contributed by atoms with van der Waals surface area (Å²) in [4.78, 5) is 14.0. The number of carboxylic acid groups (broad SMARTS) is 1. The van der Waals surface area contributed by atoms with Crippen molar-refractivity contribution >= 4 is 5.97 Å². The van der Waals surface area contributed by atoms with E-state index in [0.717, 1.165) is 163 Å². The van der Waals surface area contributed by atoms with Gasteiger partial charge in [-0.25, -0.2) is 0 Å². The summed E-state index contributed by atoms with van der Waals surface area (Å²) in [5, 5.41) is 51.3. The van der Waals surface area contributed by atoms with Gasteiger partial charge in [0.15, 0.2) is 0 Å². The van der Waals surface area contributed by atoms with Gasteiger partial charge in [0, 0.05) is 33.1 Å². The van der Waals surface area contributed by atoms with Gasteiger partial charge in [0.05, 0.1) is 50.8 Å². The second-order valence-electron chi connectivity index (χ2n) is 21.9. The quantitative estimate of drug-likeness (QED) is 0.158. The molecule has 2 heterocycles. The van der Waals surface area contributed by atoms with Crippen molar-refractivity contribution in [3.05, 3.63) is 24.3 Å². The van der Waals surface area contributed by atoms with E-state index >= 15 is 0 Å². The fourth-order valence-electron chi connectivity index (χ4n) is 14.5. The largest absolute Gasteiger partial charge is 0.481 e. The lowest BCUT2D eigenvalue weighted by Gasteiger charge is -2.55. The van der Waals surface area contributed by atoms with Crippen LogP contribution in [0.1, 0.15) is 137 Å². The number of nitrogens with zero attached hydrogens (tertiary/aromatic N) is 2. The zero-order valence-electron chi connectivity index (χ0n) is 38.4. The summed E-state index contributed by atoms with van der Waals surface area (Å²) in [5.74, 6) is 1.63. The lowest BCUT2D eigenvalue weighted by Crippen LogP contribution is -2.53. The van der Waals surface area contributed by atoms with Crippen molar-refractivity contribution in [2.24, 2.45) is 57.2 Å². The molecule has 0 unspecified atom stereocenters. The molecule has 344 valence electrons. The Labute approximate surface area is 363 Å². The second-order valence-corrected chi connectivity index (χ2v) is 21.9. The zero-order valence-corrected chi connectivity index (χ0v) is 38.4. The highest BCUT2D eigenvalue weighted by Gasteiger charge is 2.58. The Kier molecular flexibility index (Phi) is 16.2. The highest BCUT2D eigenvalue weighted by atomic mass is 16.5. The average molecular weight is 843 g/mol. The number of hydrogen-bond donors (Lipinski definition) is 5. The molecular weight excluding hydrogens is 757 g/mol. The van der Waals surface area contributed by atoms with Gasteiger partial charge in [-0.1, -0.05) is 52.0 Å². The summed E-state index contributed by atoms with van der Waals surface area (Å²) in [6.07, 6.45) is 16.1. The number of aliphatic hydroxyl groups excluding tert-OH is 4. The number of aliphatic carboxylic acids is 1. The van der Waals surface area contributed by atoms with Crippen LogP contribution in [-0.4, -0.2) is 131 Å². The van der Waals surface area contributed by atoms with Crippen LogP contribution in [0.25, 0.3) is 0 Å². The molecule has 8 aliphatic rings. The molecule has 2 aliphatic heterocycles. The van der Waals surface area contributed by atoms with Crippen LogP contribution < -0.4 is 0 Å². The van der Waals surface area contributed by atoms with Crippen LogP contribution in [-0.2, 0) is 14.3 Å². The third-order valence-electron chi connectivity index (χ3n) is 18.9. The number of ether oxygens (including phenoxy) is 2. The van der Waals surface area contributed by atoms with Crippen molar-refractivity contribution in [2.75, 3.05) is 65.7 Å². The summed E-state index contributed by atoms with van der Waals surface area (Å²) >= 11 is 0. The van der Waals surface area contributed by atoms with Crippen LogP contribution in [0, 0.1) is 57.2 Å². The molecule has 10 nitrogen and oxygen atoms in total. The maximum absolute atomic E-state index is 11.5. The lowest BCUT2D eigenvalue weighted by molar-refractivity contribution is -0.134. The van der Waals surface area contributed by atoms with E-state index in [9.17, 15) is 20.4 Å². The SMILES string of the molecule is C=C1CC[C@H]2[C@H](O)[C@@H]([C@@]3(C)CC[C@H](O)C[C@@H]3CCN3CCOCC3)CC[C@]12C.C=C1CC[C@H]2[C@H](O)[C@@H]([C@@]3(C)CC[C@H](O)C[C@@H]3CCN3CCOCC3)CC[C@]12C.CC(=O)O. The van der Waals surface area contributed by atoms with E-state index in [1.807, 2.05) is 0 Å². The summed E-state index contributed by atoms with van der Waals surface area (Å²) in [7, 11) is 0. The van der Waals surface area contributed by atoms with Gasteiger partial charge < -0.3 is 35.0 Å². The Morgan fingerprint density at radius 1 is 0.600 bits per heavy atom. The van der Waals surface area contributed by atoms with Crippen molar-refractivity contribution < 1.29 is 39.8 Å². The third-order valence-corrected chi connectivity index (χ3v) is 18.9. The predicted molar refractivity (Wildman–Crippen MR) is 237 cm³/mol. The summed E-state index contributed by atoms with van der Waals surface area (Å²) in [5.41, 5.74) is 3.28. The van der Waals surface area contributed by atoms with Gasteiger partial charge in [-0.15, -0.1) is 0 Å². The molecule has 0 aromatic heterocycles. The summed E-state index contributed by atoms with van der Waals surface area (Å²) < 4.78 is 11.0. The molecule has 0 aromatic carbocycles. The number of morpholine rings is 2. The number of carbonyl (C=O) groups is 1. The number of fused-ring (bicyclic) bond motifs is 2. The fraction of sp³-hybridized carbons (Fsp3) is 0.900. The first-order valence-corrected chi connectivity index (χ1v) is 24.3. The zero-order chi connectivity index (χ0) is 43.5. The smallest absolute Gasteiger partial charge is 0.300 e. The Bertz CT molecular complexity index is 1340. The van der Waals surface area contributed by atoms with E-state index < -0.39 is 5.97 Å². The minimum atomic E-state index is -0.833. The van der Waals surface area contributed by atoms with Crippen molar-refractivity contribution in [1.29, 1.82) is 0 Å². The molecule has 14 atom stereocenters. The van der Waals surface area contributed by atoms with Gasteiger partial charge >= 0.3 is 0 Å². The molecule has 2 saturated heterocycles. The predicted octanol–water partition coefficient (Wildman–Crippen LogP) is 7.33. The van der Waals surface area contributed by atoms with Crippen molar-refractivity contribution in [3.63, 3.8) is 0 Å². The highest BCUT2D eigenvalue weighted by molar-refractivity contribution is 5.63. The maximum Gasteiger partial charge on any atom is 0.300 e. The van der Waals surface area contributed by atoms with E-state index in [2.05, 4.69) is 50.7 Å². The second kappa shape index (κ2) is 20.2. The molecule has 5 N–H and O–H groups in total. The molecule has 60 heavy (non-hydrogen) atoms. The Balaban J connectivity index is 0.000000185. The topological polar surface area (TPSA) is 143 Å². The first-order chi connectivity index (χ1) is 28.4. The standard InChI is InChI=1S/2C24H41NO3.C2H4O2/c2*1-17-4-5-20-22(27)21(7-10-23(17,20)2)24(3)9-6-19(26)16-18(24)8-11-25-12-14-28-15-13-25;1-2(3)4/h2*18-22,26-27H,1,4-16H2,2-3H3;1H3,(H,3,4)/t2*18-,19-,20-,21-,22-,23+,24-;/m00./s1.